The molecule has 3 aliphatic rings. The topological polar surface area (TPSA) is 56.1 Å². The van der Waals surface area contributed by atoms with Crippen LogP contribution in [0.2, 0.25) is 0 Å². The average molecular weight is 346 g/mol. The molecule has 2 saturated carbocycles. The second kappa shape index (κ2) is 9.03. The van der Waals surface area contributed by atoms with Crippen LogP contribution in [-0.2, 0) is 4.79 Å². The van der Waals surface area contributed by atoms with Gasteiger partial charge in [-0.25, -0.2) is 0 Å². The highest BCUT2D eigenvalue weighted by atomic mass is 16.1. The Labute approximate surface area is 153 Å². The summed E-state index contributed by atoms with van der Waals surface area (Å²) >= 11 is 0. The lowest BCUT2D eigenvalue weighted by molar-refractivity contribution is -0.122. The number of rotatable bonds is 6. The fourth-order valence-electron chi connectivity index (χ4n) is 5.14. The van der Waals surface area contributed by atoms with Crippen LogP contribution in [0.4, 0.5) is 0 Å². The van der Waals surface area contributed by atoms with Crippen molar-refractivity contribution >= 4 is 5.91 Å². The Morgan fingerprint density at radius 3 is 2.32 bits per heavy atom. The SMILES string of the molecule is N#CC1(NC(=O)CCC2CCCCC2)CCN(CC2CCCCC2)C1. The summed E-state index contributed by atoms with van der Waals surface area (Å²) in [7, 11) is 0. The average Bonchev–Trinajstić information content (AvgIpc) is 3.05. The Hall–Kier alpha value is -1.08. The zero-order chi connectivity index (χ0) is 17.5. The standard InChI is InChI=1S/C21H35N3O/c22-16-21(23-20(25)12-11-18-7-3-1-4-8-18)13-14-24(17-21)15-19-9-5-2-6-10-19/h18-19H,1-15,17H2,(H,23,25). The zero-order valence-corrected chi connectivity index (χ0v) is 15.8. The maximum Gasteiger partial charge on any atom is 0.221 e. The number of carbonyl (C=O) groups excluding carboxylic acids is 1. The molecule has 1 N–H and O–H groups in total. The van der Waals surface area contributed by atoms with Gasteiger partial charge >= 0.3 is 0 Å². The van der Waals surface area contributed by atoms with Crippen molar-refractivity contribution in [2.45, 2.75) is 89.0 Å². The molecular formula is C21H35N3O. The summed E-state index contributed by atoms with van der Waals surface area (Å²) < 4.78 is 0. The number of nitrogens with one attached hydrogen (secondary N) is 1. The first-order valence-electron chi connectivity index (χ1n) is 10.6. The van der Waals surface area contributed by atoms with E-state index in [1.807, 2.05) is 0 Å². The quantitative estimate of drug-likeness (QED) is 0.791. The number of amides is 1. The lowest BCUT2D eigenvalue weighted by atomic mass is 9.86. The summed E-state index contributed by atoms with van der Waals surface area (Å²) in [6, 6.07) is 2.44. The van der Waals surface area contributed by atoms with Gasteiger partial charge in [0.05, 0.1) is 6.07 Å². The van der Waals surface area contributed by atoms with Gasteiger partial charge in [-0.15, -0.1) is 0 Å². The van der Waals surface area contributed by atoms with Crippen molar-refractivity contribution < 1.29 is 4.79 Å². The highest BCUT2D eigenvalue weighted by Gasteiger charge is 2.40. The van der Waals surface area contributed by atoms with Crippen molar-refractivity contribution in [3.8, 4) is 6.07 Å². The molecule has 4 nitrogen and oxygen atoms in total. The van der Waals surface area contributed by atoms with Crippen LogP contribution < -0.4 is 5.32 Å². The number of nitriles is 1. The molecule has 4 heteroatoms. The van der Waals surface area contributed by atoms with Gasteiger partial charge in [-0.05, 0) is 37.5 Å². The molecule has 25 heavy (non-hydrogen) atoms. The lowest BCUT2D eigenvalue weighted by Crippen LogP contribution is -2.49. The summed E-state index contributed by atoms with van der Waals surface area (Å²) in [4.78, 5) is 14.8. The monoisotopic (exact) mass is 345 g/mol. The number of nitrogens with zero attached hydrogens (tertiary/aromatic N) is 2. The molecule has 0 aromatic carbocycles. The van der Waals surface area contributed by atoms with Crippen molar-refractivity contribution in [3.63, 3.8) is 0 Å². The van der Waals surface area contributed by atoms with E-state index >= 15 is 0 Å². The fraction of sp³-hybridized carbons (Fsp3) is 0.905. The highest BCUT2D eigenvalue weighted by molar-refractivity contribution is 5.77. The Bertz CT molecular complexity index is 474. The predicted molar refractivity (Wildman–Crippen MR) is 99.9 cm³/mol. The molecule has 0 aromatic rings. The minimum absolute atomic E-state index is 0.0895. The Kier molecular flexibility index (Phi) is 6.76. The molecule has 140 valence electrons. The van der Waals surface area contributed by atoms with E-state index in [-0.39, 0.29) is 5.91 Å². The van der Waals surface area contributed by atoms with Gasteiger partial charge in [-0.2, -0.15) is 5.26 Å². The third-order valence-corrected chi connectivity index (χ3v) is 6.69. The van der Waals surface area contributed by atoms with E-state index in [1.165, 1.54) is 64.2 Å². The number of likely N-dealkylation sites (tertiary alicyclic amines) is 1. The second-order valence-electron chi connectivity index (χ2n) is 8.77. The third-order valence-electron chi connectivity index (χ3n) is 6.69. The van der Waals surface area contributed by atoms with E-state index in [9.17, 15) is 10.1 Å². The van der Waals surface area contributed by atoms with E-state index in [0.717, 1.165) is 44.3 Å². The molecule has 0 radical (unpaired) electrons. The molecule has 3 fully saturated rings. The summed E-state index contributed by atoms with van der Waals surface area (Å²) in [6.07, 6.45) is 15.7. The highest BCUT2D eigenvalue weighted by Crippen LogP contribution is 2.29. The van der Waals surface area contributed by atoms with Crippen LogP contribution >= 0.6 is 0 Å². The Balaban J connectivity index is 1.43. The zero-order valence-electron chi connectivity index (χ0n) is 15.8. The molecule has 1 amide bonds. The molecule has 0 spiro atoms. The van der Waals surface area contributed by atoms with Crippen LogP contribution in [-0.4, -0.2) is 36.0 Å². The number of carbonyl (C=O) groups is 1. The van der Waals surface area contributed by atoms with Crippen LogP contribution in [0, 0.1) is 23.2 Å². The first kappa shape index (κ1) is 18.7. The van der Waals surface area contributed by atoms with Gasteiger partial charge in [0.1, 0.15) is 5.54 Å². The summed E-state index contributed by atoms with van der Waals surface area (Å²) in [5, 5.41) is 12.8. The lowest BCUT2D eigenvalue weighted by Gasteiger charge is -2.28. The molecule has 0 bridgehead atoms. The first-order chi connectivity index (χ1) is 12.2. The Morgan fingerprint density at radius 1 is 1.04 bits per heavy atom. The van der Waals surface area contributed by atoms with Crippen molar-refractivity contribution in [2.75, 3.05) is 19.6 Å². The minimum Gasteiger partial charge on any atom is -0.337 e. The summed E-state index contributed by atoms with van der Waals surface area (Å²) in [6.45, 7) is 2.78. The van der Waals surface area contributed by atoms with Gasteiger partial charge in [-0.1, -0.05) is 51.4 Å². The van der Waals surface area contributed by atoms with E-state index in [4.69, 9.17) is 0 Å². The van der Waals surface area contributed by atoms with Crippen LogP contribution in [0.15, 0.2) is 0 Å². The first-order valence-corrected chi connectivity index (χ1v) is 10.6. The molecule has 0 aromatic heterocycles. The summed E-state index contributed by atoms with van der Waals surface area (Å²) in [5.41, 5.74) is -0.641. The van der Waals surface area contributed by atoms with Gasteiger partial charge in [0.2, 0.25) is 5.91 Å². The fourth-order valence-corrected chi connectivity index (χ4v) is 5.14. The normalized spacial score (nSPS) is 29.4. The Morgan fingerprint density at radius 2 is 1.68 bits per heavy atom. The van der Waals surface area contributed by atoms with Crippen molar-refractivity contribution in [3.05, 3.63) is 0 Å². The number of hydrogen-bond donors (Lipinski definition) is 1. The van der Waals surface area contributed by atoms with Crippen molar-refractivity contribution in [2.24, 2.45) is 11.8 Å². The van der Waals surface area contributed by atoms with E-state index in [1.54, 1.807) is 0 Å². The van der Waals surface area contributed by atoms with Crippen molar-refractivity contribution in [1.29, 1.82) is 5.26 Å². The predicted octanol–water partition coefficient (Wildman–Crippen LogP) is 4.01. The molecule has 1 unspecified atom stereocenters. The van der Waals surface area contributed by atoms with Gasteiger partial charge in [0.15, 0.2) is 0 Å². The molecule has 1 atom stereocenters. The van der Waals surface area contributed by atoms with Crippen LogP contribution in [0.5, 0.6) is 0 Å². The van der Waals surface area contributed by atoms with Crippen LogP contribution in [0.1, 0.15) is 83.5 Å². The third kappa shape index (κ3) is 5.45. The van der Waals surface area contributed by atoms with Gasteiger partial charge in [0.25, 0.3) is 0 Å². The number of hydrogen-bond acceptors (Lipinski definition) is 3. The van der Waals surface area contributed by atoms with E-state index in [0.29, 0.717) is 6.42 Å². The molecule has 1 heterocycles. The second-order valence-corrected chi connectivity index (χ2v) is 8.77. The van der Waals surface area contributed by atoms with E-state index in [2.05, 4.69) is 16.3 Å². The largest absolute Gasteiger partial charge is 0.337 e. The van der Waals surface area contributed by atoms with E-state index < -0.39 is 5.54 Å². The van der Waals surface area contributed by atoms with Gasteiger partial charge in [0, 0.05) is 26.1 Å². The molecule has 1 saturated heterocycles. The molecule has 2 aliphatic carbocycles. The summed E-state index contributed by atoms with van der Waals surface area (Å²) in [5.74, 6) is 1.61. The van der Waals surface area contributed by atoms with Gasteiger partial charge in [-0.3, -0.25) is 9.69 Å². The maximum absolute atomic E-state index is 12.4. The molecule has 1 aliphatic heterocycles. The molecule has 3 rings (SSSR count). The maximum atomic E-state index is 12.4. The van der Waals surface area contributed by atoms with Crippen LogP contribution in [0.3, 0.4) is 0 Å². The molecular weight excluding hydrogens is 310 g/mol. The van der Waals surface area contributed by atoms with Crippen LogP contribution in [0.25, 0.3) is 0 Å². The minimum atomic E-state index is -0.641. The van der Waals surface area contributed by atoms with Crippen molar-refractivity contribution in [1.82, 2.24) is 10.2 Å². The smallest absolute Gasteiger partial charge is 0.221 e. The van der Waals surface area contributed by atoms with Gasteiger partial charge < -0.3 is 5.32 Å².